The maximum absolute atomic E-state index is 14.8. The Kier molecular flexibility index (Phi) is 7.24. The maximum Gasteiger partial charge on any atom is 0.249 e. The molecule has 6 atom stereocenters. The van der Waals surface area contributed by atoms with E-state index >= 15 is 0 Å². The number of aliphatic hydroxyl groups is 1. The predicted molar refractivity (Wildman–Crippen MR) is 152 cm³/mol. The molecular weight excluding hydrogens is 506 g/mol. The summed E-state index contributed by atoms with van der Waals surface area (Å²) in [6.07, 6.45) is 8.09. The molecule has 0 aromatic heterocycles. The number of benzene rings is 1. The fraction of sp³-hybridized carbons (Fsp3) is 0.594. The Morgan fingerprint density at radius 3 is 2.35 bits per heavy atom. The van der Waals surface area contributed by atoms with E-state index in [1.54, 1.807) is 16.8 Å². The van der Waals surface area contributed by atoms with Crippen molar-refractivity contribution in [2.45, 2.75) is 76.8 Å². The number of ether oxygens (including phenoxy) is 1. The summed E-state index contributed by atoms with van der Waals surface area (Å²) in [4.78, 5) is 48.0. The van der Waals surface area contributed by atoms with E-state index < -0.39 is 41.2 Å². The molecule has 0 saturated carbocycles. The first-order chi connectivity index (χ1) is 18.8. The summed E-state index contributed by atoms with van der Waals surface area (Å²) in [5.41, 5.74) is -0.900. The first-order valence-corrected chi connectivity index (χ1v) is 14.4. The van der Waals surface area contributed by atoms with Gasteiger partial charge in [0.05, 0.1) is 30.6 Å². The van der Waals surface area contributed by atoms with Crippen LogP contribution in [0.4, 0.5) is 0 Å². The van der Waals surface area contributed by atoms with Crippen LogP contribution in [-0.4, -0.2) is 93.6 Å². The van der Waals surface area contributed by atoms with E-state index in [4.69, 9.17) is 4.74 Å². The lowest BCUT2D eigenvalue weighted by atomic mass is 9.77. The number of aliphatic hydroxyl groups excluding tert-OH is 1. The van der Waals surface area contributed by atoms with Gasteiger partial charge >= 0.3 is 0 Å². The third-order valence-electron chi connectivity index (χ3n) is 8.91. The third kappa shape index (κ3) is 4.69. The highest BCUT2D eigenvalue weighted by atomic mass is 16.5. The van der Waals surface area contributed by atoms with Crippen molar-refractivity contribution in [3.63, 3.8) is 0 Å². The van der Waals surface area contributed by atoms with Gasteiger partial charge in [-0.3, -0.25) is 14.4 Å². The van der Waals surface area contributed by atoms with Crippen LogP contribution >= 0.6 is 0 Å². The van der Waals surface area contributed by atoms with Gasteiger partial charge in [0.2, 0.25) is 17.7 Å². The number of likely N-dealkylation sites (tertiary alicyclic amines) is 1. The van der Waals surface area contributed by atoms with Crippen LogP contribution < -0.4 is 0 Å². The molecule has 1 spiro atoms. The Bertz CT molecular complexity index is 1220. The molecule has 0 bridgehead atoms. The van der Waals surface area contributed by atoms with E-state index in [2.05, 4.69) is 34.6 Å². The monoisotopic (exact) mass is 549 g/mol. The van der Waals surface area contributed by atoms with Gasteiger partial charge in [0.1, 0.15) is 11.6 Å². The number of hydrogen-bond acceptors (Lipinski definition) is 5. The number of nitrogens with zero attached hydrogens (tertiary/aromatic N) is 3. The molecule has 3 amide bonds. The highest BCUT2D eigenvalue weighted by Crippen LogP contribution is 2.54. The van der Waals surface area contributed by atoms with Crippen LogP contribution in [0.15, 0.2) is 54.6 Å². The van der Waals surface area contributed by atoms with Crippen molar-refractivity contribution < 1.29 is 24.2 Å². The van der Waals surface area contributed by atoms with Crippen molar-refractivity contribution in [1.82, 2.24) is 14.7 Å². The number of carbonyl (C=O) groups is 3. The summed E-state index contributed by atoms with van der Waals surface area (Å²) in [7, 11) is 1.73. The van der Waals surface area contributed by atoms with Crippen molar-refractivity contribution in [2.24, 2.45) is 17.3 Å². The topological polar surface area (TPSA) is 90.4 Å². The molecule has 1 N–H and O–H groups in total. The summed E-state index contributed by atoms with van der Waals surface area (Å²) in [5, 5.41) is 10.7. The van der Waals surface area contributed by atoms with E-state index in [0.717, 1.165) is 12.0 Å². The standard InChI is InChI=1S/C32H43N3O5/c1-30(2,3)20-31(4,5)34-17-11-15-32-25(24-23(40-32)14-10-16-33(6)27(24)37)28(38)35(26(32)29(34)39)22(19-36)18-21-12-8-7-9-13-21/h7-15,22-26,36H,16-20H2,1-6H3/t22-,23+,24-,25+,26?,32+/m1/s1. The quantitative estimate of drug-likeness (QED) is 0.552. The number of fused-ring (bicyclic) bond motifs is 2. The first kappa shape index (κ1) is 28.6. The second kappa shape index (κ2) is 10.1. The number of amides is 3. The SMILES string of the molecule is CN1CC=C[C@@H]2O[C@]34C=CCN(C(C)(C)CC(C)(C)C)C(=O)C3N([C@@H](CO)Cc3ccccc3)C(=O)[C@@H]4[C@@H]2C1=O. The lowest BCUT2D eigenvalue weighted by molar-refractivity contribution is -0.155. The Morgan fingerprint density at radius 2 is 1.70 bits per heavy atom. The highest BCUT2D eigenvalue weighted by Gasteiger charge is 2.72. The van der Waals surface area contributed by atoms with Gasteiger partial charge in [0.25, 0.3) is 0 Å². The van der Waals surface area contributed by atoms with Gasteiger partial charge in [0, 0.05) is 25.7 Å². The Morgan fingerprint density at radius 1 is 1.00 bits per heavy atom. The molecule has 1 aromatic rings. The third-order valence-corrected chi connectivity index (χ3v) is 8.91. The molecule has 8 heteroatoms. The van der Waals surface area contributed by atoms with Crippen molar-refractivity contribution in [3.05, 3.63) is 60.2 Å². The fourth-order valence-electron chi connectivity index (χ4n) is 7.67. The lowest BCUT2D eigenvalue weighted by Gasteiger charge is -2.45. The average molecular weight is 550 g/mol. The van der Waals surface area contributed by atoms with Gasteiger partial charge in [-0.1, -0.05) is 75.4 Å². The molecule has 40 heavy (non-hydrogen) atoms. The summed E-state index contributed by atoms with van der Waals surface area (Å²) in [5.74, 6) is -2.28. The van der Waals surface area contributed by atoms with Gasteiger partial charge in [-0.15, -0.1) is 0 Å². The van der Waals surface area contributed by atoms with Crippen LogP contribution in [0.2, 0.25) is 0 Å². The Balaban J connectivity index is 1.63. The van der Waals surface area contributed by atoms with Crippen molar-refractivity contribution in [3.8, 4) is 0 Å². The molecule has 0 radical (unpaired) electrons. The second-order valence-electron chi connectivity index (χ2n) is 13.7. The van der Waals surface area contributed by atoms with E-state index in [9.17, 15) is 19.5 Å². The van der Waals surface area contributed by atoms with E-state index in [1.165, 1.54) is 0 Å². The molecule has 1 unspecified atom stereocenters. The molecule has 2 fully saturated rings. The Hall–Kier alpha value is -2.97. The summed E-state index contributed by atoms with van der Waals surface area (Å²) in [6.45, 7) is 11.1. The summed E-state index contributed by atoms with van der Waals surface area (Å²) < 4.78 is 6.72. The lowest BCUT2D eigenvalue weighted by Crippen LogP contribution is -2.62. The maximum atomic E-state index is 14.8. The second-order valence-corrected chi connectivity index (χ2v) is 13.7. The van der Waals surface area contributed by atoms with E-state index in [-0.39, 0.29) is 29.7 Å². The minimum Gasteiger partial charge on any atom is -0.394 e. The highest BCUT2D eigenvalue weighted by molar-refractivity contribution is 6.00. The zero-order valence-corrected chi connectivity index (χ0v) is 24.5. The zero-order valence-electron chi connectivity index (χ0n) is 24.5. The molecule has 8 nitrogen and oxygen atoms in total. The van der Waals surface area contributed by atoms with Crippen molar-refractivity contribution in [1.29, 1.82) is 0 Å². The summed E-state index contributed by atoms with van der Waals surface area (Å²) in [6, 6.07) is 8.01. The fourth-order valence-corrected chi connectivity index (χ4v) is 7.67. The van der Waals surface area contributed by atoms with Crippen molar-refractivity contribution >= 4 is 17.7 Å². The van der Waals surface area contributed by atoms with Gasteiger partial charge in [-0.05, 0) is 37.7 Å². The average Bonchev–Trinajstić information content (AvgIpc) is 3.20. The van der Waals surface area contributed by atoms with Crippen LogP contribution in [0, 0.1) is 17.3 Å². The van der Waals surface area contributed by atoms with Crippen LogP contribution in [0.1, 0.15) is 46.6 Å². The van der Waals surface area contributed by atoms with Gasteiger partial charge in [0.15, 0.2) is 0 Å². The molecule has 0 aliphatic carbocycles. The largest absolute Gasteiger partial charge is 0.394 e. The summed E-state index contributed by atoms with van der Waals surface area (Å²) >= 11 is 0. The van der Waals surface area contributed by atoms with Crippen LogP contribution in [0.3, 0.4) is 0 Å². The molecule has 4 heterocycles. The molecule has 1 aromatic carbocycles. The van der Waals surface area contributed by atoms with Crippen LogP contribution in [0.25, 0.3) is 0 Å². The molecule has 4 aliphatic heterocycles. The van der Waals surface area contributed by atoms with Gasteiger partial charge in [-0.25, -0.2) is 0 Å². The van der Waals surface area contributed by atoms with Gasteiger partial charge in [-0.2, -0.15) is 0 Å². The minimum absolute atomic E-state index is 0.0367. The Labute approximate surface area is 237 Å². The molecule has 216 valence electrons. The van der Waals surface area contributed by atoms with Crippen LogP contribution in [-0.2, 0) is 25.5 Å². The van der Waals surface area contributed by atoms with Crippen molar-refractivity contribution in [2.75, 3.05) is 26.7 Å². The molecular formula is C32H43N3O5. The predicted octanol–water partition coefficient (Wildman–Crippen LogP) is 2.81. The number of rotatable bonds is 6. The van der Waals surface area contributed by atoms with Crippen LogP contribution in [0.5, 0.6) is 0 Å². The number of carbonyl (C=O) groups excluding carboxylic acids is 3. The van der Waals surface area contributed by atoms with E-state index in [0.29, 0.717) is 19.5 Å². The number of likely N-dealkylation sites (N-methyl/N-ethyl adjacent to an activating group) is 1. The van der Waals surface area contributed by atoms with E-state index in [1.807, 2.05) is 59.5 Å². The molecule has 2 saturated heterocycles. The number of hydrogen-bond donors (Lipinski definition) is 1. The minimum atomic E-state index is -1.31. The zero-order chi connectivity index (χ0) is 29.0. The normalized spacial score (nSPS) is 31.2. The smallest absolute Gasteiger partial charge is 0.249 e. The van der Waals surface area contributed by atoms with Gasteiger partial charge < -0.3 is 24.5 Å². The first-order valence-electron chi connectivity index (χ1n) is 14.4. The molecule has 4 aliphatic rings. The molecule has 5 rings (SSSR count).